The monoisotopic (exact) mass is 326 g/mol. The molecule has 22 heavy (non-hydrogen) atoms. The quantitative estimate of drug-likeness (QED) is 0.763. The molecule has 0 unspecified atom stereocenters. The molecule has 1 aliphatic rings. The van der Waals surface area contributed by atoms with Crippen LogP contribution in [0.5, 0.6) is 0 Å². The number of carbonyl (C=O) groups is 1. The molecule has 122 valence electrons. The van der Waals surface area contributed by atoms with Gasteiger partial charge in [0.1, 0.15) is 0 Å². The predicted molar refractivity (Wildman–Crippen MR) is 82.6 cm³/mol. The van der Waals surface area contributed by atoms with Crippen LogP contribution in [0.25, 0.3) is 0 Å². The van der Waals surface area contributed by atoms with Gasteiger partial charge in [-0.15, -0.1) is 0 Å². The van der Waals surface area contributed by atoms with E-state index in [2.05, 4.69) is 4.98 Å². The van der Waals surface area contributed by atoms with Crippen LogP contribution in [0.15, 0.2) is 29.2 Å². The van der Waals surface area contributed by atoms with Crippen LogP contribution >= 0.6 is 0 Å². The smallest absolute Gasteiger partial charge is 0.262 e. The maximum absolute atomic E-state index is 12.5. The van der Waals surface area contributed by atoms with Crippen molar-refractivity contribution in [2.45, 2.75) is 25.3 Å². The molecule has 1 saturated heterocycles. The molecule has 2 heterocycles. The number of aryl methyl sites for hydroxylation is 1. The Hall–Kier alpha value is -1.67. The number of nitrogens with zero attached hydrogens (tertiary/aromatic N) is 4. The summed E-state index contributed by atoms with van der Waals surface area (Å²) in [5.74, 6) is -0.0583. The van der Waals surface area contributed by atoms with Crippen molar-refractivity contribution < 1.29 is 13.2 Å². The third kappa shape index (κ3) is 3.75. The largest absolute Gasteiger partial charge is 0.339 e. The predicted octanol–water partition coefficient (Wildman–Crippen LogP) is 0.609. The maximum Gasteiger partial charge on any atom is 0.262 e. The lowest BCUT2D eigenvalue weighted by Gasteiger charge is -2.20. The summed E-state index contributed by atoms with van der Waals surface area (Å²) in [4.78, 5) is 17.7. The summed E-state index contributed by atoms with van der Waals surface area (Å²) >= 11 is 0. The maximum atomic E-state index is 12.5. The number of amides is 1. The Morgan fingerprint density at radius 2 is 1.95 bits per heavy atom. The average molecular weight is 326 g/mol. The molecule has 1 aliphatic heterocycles. The third-order valence-corrected chi connectivity index (χ3v) is 5.25. The molecule has 0 aromatic carbocycles. The molecule has 0 spiro atoms. The molecule has 1 aromatic heterocycles. The zero-order valence-corrected chi connectivity index (χ0v) is 14.0. The first kappa shape index (κ1) is 16.7. The van der Waals surface area contributed by atoms with Crippen LogP contribution in [-0.4, -0.2) is 59.3 Å². The van der Waals surface area contributed by atoms with E-state index in [1.54, 1.807) is 22.6 Å². The van der Waals surface area contributed by atoms with Crippen LogP contribution in [0, 0.1) is 0 Å². The highest BCUT2D eigenvalue weighted by molar-refractivity contribution is 7.89. The summed E-state index contributed by atoms with van der Waals surface area (Å²) in [6.07, 6.45) is 5.17. The van der Waals surface area contributed by atoms with Gasteiger partial charge in [-0.05, 0) is 20.3 Å². The van der Waals surface area contributed by atoms with Gasteiger partial charge in [-0.1, -0.05) is 5.57 Å². The molecule has 0 radical (unpaired) electrons. The van der Waals surface area contributed by atoms with Gasteiger partial charge >= 0.3 is 0 Å². The van der Waals surface area contributed by atoms with Crippen molar-refractivity contribution in [3.63, 3.8) is 0 Å². The summed E-state index contributed by atoms with van der Waals surface area (Å²) in [6, 6.07) is 0. The molecule has 1 amide bonds. The minimum absolute atomic E-state index is 0.0547. The Labute approximate surface area is 131 Å². The van der Waals surface area contributed by atoms with Crippen LogP contribution in [0.1, 0.15) is 20.3 Å². The number of aromatic nitrogens is 2. The van der Waals surface area contributed by atoms with E-state index in [-0.39, 0.29) is 10.9 Å². The van der Waals surface area contributed by atoms with Gasteiger partial charge in [-0.25, -0.2) is 13.4 Å². The standard InChI is InChI=1S/C14H22N4O3S/c1-12(2)9-14(19)17-5-4-6-18(8-7-17)22(20,21)13-10-16(3)11-15-13/h9-11H,4-8H2,1-3H3. The number of carbonyl (C=O) groups excluding carboxylic acids is 1. The average Bonchev–Trinajstić information content (AvgIpc) is 2.73. The fourth-order valence-electron chi connectivity index (χ4n) is 2.35. The summed E-state index contributed by atoms with van der Waals surface area (Å²) < 4.78 is 28.1. The molecular formula is C14H22N4O3S. The molecule has 0 atom stereocenters. The number of rotatable bonds is 3. The van der Waals surface area contributed by atoms with E-state index in [1.165, 1.54) is 16.8 Å². The minimum atomic E-state index is -3.59. The zero-order valence-electron chi connectivity index (χ0n) is 13.2. The van der Waals surface area contributed by atoms with E-state index in [0.29, 0.717) is 32.6 Å². The topological polar surface area (TPSA) is 75.5 Å². The van der Waals surface area contributed by atoms with E-state index < -0.39 is 10.0 Å². The SMILES string of the molecule is CC(C)=CC(=O)N1CCCN(S(=O)(=O)c2cn(C)cn2)CC1. The van der Waals surface area contributed by atoms with Crippen molar-refractivity contribution in [3.8, 4) is 0 Å². The Bertz CT molecular complexity index is 674. The van der Waals surface area contributed by atoms with Gasteiger partial charge in [-0.2, -0.15) is 4.31 Å². The molecule has 0 aliphatic carbocycles. The van der Waals surface area contributed by atoms with Crippen LogP contribution in [0.3, 0.4) is 0 Å². The second-order valence-electron chi connectivity index (χ2n) is 5.68. The van der Waals surface area contributed by atoms with Gasteiger partial charge in [-0.3, -0.25) is 4.79 Å². The first-order valence-corrected chi connectivity index (χ1v) is 8.66. The van der Waals surface area contributed by atoms with Crippen molar-refractivity contribution in [1.29, 1.82) is 0 Å². The number of imidazole rings is 1. The number of sulfonamides is 1. The fourth-order valence-corrected chi connectivity index (χ4v) is 3.78. The van der Waals surface area contributed by atoms with Crippen molar-refractivity contribution in [2.75, 3.05) is 26.2 Å². The van der Waals surface area contributed by atoms with Gasteiger partial charge in [0.15, 0.2) is 5.03 Å². The summed E-state index contributed by atoms with van der Waals surface area (Å²) in [5, 5.41) is 0.0547. The highest BCUT2D eigenvalue weighted by Gasteiger charge is 2.29. The lowest BCUT2D eigenvalue weighted by Crippen LogP contribution is -2.37. The van der Waals surface area contributed by atoms with Crippen LogP contribution in [0.4, 0.5) is 0 Å². The highest BCUT2D eigenvalue weighted by atomic mass is 32.2. The van der Waals surface area contributed by atoms with E-state index in [0.717, 1.165) is 5.57 Å². The van der Waals surface area contributed by atoms with Gasteiger partial charge in [0.25, 0.3) is 10.0 Å². The van der Waals surface area contributed by atoms with E-state index in [4.69, 9.17) is 0 Å². The Kier molecular flexibility index (Phi) is 5.02. The first-order valence-electron chi connectivity index (χ1n) is 7.22. The van der Waals surface area contributed by atoms with Gasteiger partial charge in [0.2, 0.25) is 5.91 Å². The normalized spacial score (nSPS) is 17.1. The van der Waals surface area contributed by atoms with E-state index in [9.17, 15) is 13.2 Å². The molecule has 7 nitrogen and oxygen atoms in total. The van der Waals surface area contributed by atoms with Crippen molar-refractivity contribution >= 4 is 15.9 Å². The molecule has 0 saturated carbocycles. The Balaban J connectivity index is 2.10. The number of hydrogen-bond donors (Lipinski definition) is 0. The number of allylic oxidation sites excluding steroid dienone is 1. The third-order valence-electron chi connectivity index (χ3n) is 3.46. The molecule has 0 bridgehead atoms. The van der Waals surface area contributed by atoms with Crippen molar-refractivity contribution in [2.24, 2.45) is 7.05 Å². The van der Waals surface area contributed by atoms with E-state index in [1.807, 2.05) is 13.8 Å². The van der Waals surface area contributed by atoms with Crippen molar-refractivity contribution in [3.05, 3.63) is 24.2 Å². The van der Waals surface area contributed by atoms with Crippen LogP contribution in [0.2, 0.25) is 0 Å². The lowest BCUT2D eigenvalue weighted by molar-refractivity contribution is -0.125. The molecule has 1 fully saturated rings. The second kappa shape index (κ2) is 6.62. The van der Waals surface area contributed by atoms with Crippen molar-refractivity contribution in [1.82, 2.24) is 18.8 Å². The highest BCUT2D eigenvalue weighted by Crippen LogP contribution is 2.16. The van der Waals surface area contributed by atoms with Gasteiger partial charge in [0.05, 0.1) is 6.33 Å². The fraction of sp³-hybridized carbons (Fsp3) is 0.571. The second-order valence-corrected chi connectivity index (χ2v) is 7.57. The van der Waals surface area contributed by atoms with Gasteiger partial charge in [0, 0.05) is 45.5 Å². The summed E-state index contributed by atoms with van der Waals surface area (Å²) in [7, 11) is -1.86. The van der Waals surface area contributed by atoms with Crippen LogP contribution in [-0.2, 0) is 21.9 Å². The first-order chi connectivity index (χ1) is 10.3. The zero-order chi connectivity index (χ0) is 16.3. The summed E-state index contributed by atoms with van der Waals surface area (Å²) in [5.41, 5.74) is 0.937. The van der Waals surface area contributed by atoms with Gasteiger partial charge < -0.3 is 9.47 Å². The number of hydrogen-bond acceptors (Lipinski definition) is 4. The van der Waals surface area contributed by atoms with Crippen LogP contribution < -0.4 is 0 Å². The Morgan fingerprint density at radius 3 is 2.55 bits per heavy atom. The molecular weight excluding hydrogens is 304 g/mol. The molecule has 1 aromatic rings. The van der Waals surface area contributed by atoms with E-state index >= 15 is 0 Å². The molecule has 8 heteroatoms. The Morgan fingerprint density at radius 1 is 1.23 bits per heavy atom. The molecule has 2 rings (SSSR count). The minimum Gasteiger partial charge on any atom is -0.339 e. The molecule has 0 N–H and O–H groups in total. The lowest BCUT2D eigenvalue weighted by atomic mass is 10.3. The summed E-state index contributed by atoms with van der Waals surface area (Å²) in [6.45, 7) is 5.39.